The first kappa shape index (κ1) is 18.7. The monoisotopic (exact) mass is 378 g/mol. The van der Waals surface area contributed by atoms with Crippen LogP contribution in [0.25, 0.3) is 0 Å². The molecule has 0 amide bonds. The summed E-state index contributed by atoms with van der Waals surface area (Å²) in [6, 6.07) is 10.2. The minimum Gasteiger partial charge on any atom is -0.291 e. The molecule has 1 aromatic carbocycles. The van der Waals surface area contributed by atoms with Crippen LogP contribution >= 0.6 is 0 Å². The summed E-state index contributed by atoms with van der Waals surface area (Å²) in [5.41, 5.74) is 7.77. The number of hydrogen-bond acceptors (Lipinski definition) is 8. The van der Waals surface area contributed by atoms with Crippen molar-refractivity contribution in [2.45, 2.75) is 13.8 Å². The van der Waals surface area contributed by atoms with Gasteiger partial charge in [-0.1, -0.05) is 24.3 Å². The SMILES string of the molecule is Cc1cc(=O)[nH]c(N/N=C\c2ccc(/C=N\Nc3nc(C)cc(=O)[nH]3)cc2)n1. The van der Waals surface area contributed by atoms with E-state index >= 15 is 0 Å². The maximum Gasteiger partial charge on any atom is 0.252 e. The fraction of sp³-hybridized carbons (Fsp3) is 0.111. The van der Waals surface area contributed by atoms with Crippen molar-refractivity contribution in [3.63, 3.8) is 0 Å². The minimum atomic E-state index is -0.243. The van der Waals surface area contributed by atoms with E-state index in [1.807, 2.05) is 24.3 Å². The summed E-state index contributed by atoms with van der Waals surface area (Å²) in [6.07, 6.45) is 3.20. The van der Waals surface area contributed by atoms with Crippen LogP contribution in [0.5, 0.6) is 0 Å². The molecule has 0 aliphatic carbocycles. The molecule has 0 saturated carbocycles. The molecule has 10 nitrogen and oxygen atoms in total. The molecule has 0 bridgehead atoms. The van der Waals surface area contributed by atoms with Crippen molar-refractivity contribution < 1.29 is 0 Å². The lowest BCUT2D eigenvalue weighted by Crippen LogP contribution is -2.10. The number of hydrazone groups is 2. The minimum absolute atomic E-state index is 0.243. The third kappa shape index (κ3) is 5.46. The average molecular weight is 378 g/mol. The Morgan fingerprint density at radius 2 is 1.18 bits per heavy atom. The second-order valence-electron chi connectivity index (χ2n) is 5.88. The molecule has 0 unspecified atom stereocenters. The van der Waals surface area contributed by atoms with E-state index in [0.29, 0.717) is 11.4 Å². The highest BCUT2D eigenvalue weighted by Gasteiger charge is 1.97. The van der Waals surface area contributed by atoms with Gasteiger partial charge in [0.2, 0.25) is 11.9 Å². The zero-order valence-corrected chi connectivity index (χ0v) is 15.2. The highest BCUT2D eigenvalue weighted by atomic mass is 16.1. The average Bonchev–Trinajstić information content (AvgIpc) is 2.61. The van der Waals surface area contributed by atoms with Crippen LogP contribution < -0.4 is 22.0 Å². The third-order valence-electron chi connectivity index (χ3n) is 3.44. The molecule has 0 atom stereocenters. The molecule has 0 radical (unpaired) electrons. The predicted molar refractivity (Wildman–Crippen MR) is 108 cm³/mol. The predicted octanol–water partition coefficient (Wildman–Crippen LogP) is 1.36. The Morgan fingerprint density at radius 3 is 1.54 bits per heavy atom. The van der Waals surface area contributed by atoms with E-state index in [2.05, 4.69) is 41.0 Å². The Hall–Kier alpha value is -4.08. The van der Waals surface area contributed by atoms with Crippen LogP contribution in [0.2, 0.25) is 0 Å². The van der Waals surface area contributed by atoms with Crippen LogP contribution in [0.1, 0.15) is 22.5 Å². The van der Waals surface area contributed by atoms with Crippen LogP contribution in [-0.2, 0) is 0 Å². The zero-order chi connectivity index (χ0) is 19.9. The molecule has 3 rings (SSSR count). The molecule has 0 fully saturated rings. The number of benzene rings is 1. The Labute approximate surface area is 159 Å². The van der Waals surface area contributed by atoms with E-state index in [0.717, 1.165) is 11.1 Å². The number of nitrogens with one attached hydrogen (secondary N) is 4. The Bertz CT molecular complexity index is 1040. The number of rotatable bonds is 6. The Balaban J connectivity index is 1.58. The van der Waals surface area contributed by atoms with Gasteiger partial charge in [-0.2, -0.15) is 10.2 Å². The van der Waals surface area contributed by atoms with Crippen molar-refractivity contribution >= 4 is 24.3 Å². The normalized spacial score (nSPS) is 11.2. The fourth-order valence-electron chi connectivity index (χ4n) is 2.27. The number of aryl methyl sites for hydroxylation is 2. The van der Waals surface area contributed by atoms with Crippen molar-refractivity contribution in [2.24, 2.45) is 10.2 Å². The third-order valence-corrected chi connectivity index (χ3v) is 3.44. The van der Waals surface area contributed by atoms with E-state index in [9.17, 15) is 9.59 Å². The lowest BCUT2D eigenvalue weighted by Gasteiger charge is -2.00. The molecule has 2 heterocycles. The molecule has 28 heavy (non-hydrogen) atoms. The van der Waals surface area contributed by atoms with Gasteiger partial charge in [-0.05, 0) is 25.0 Å². The first-order valence-corrected chi connectivity index (χ1v) is 8.32. The Kier molecular flexibility index (Phi) is 5.70. The molecule has 4 N–H and O–H groups in total. The smallest absolute Gasteiger partial charge is 0.252 e. The maximum atomic E-state index is 11.4. The van der Waals surface area contributed by atoms with Gasteiger partial charge in [-0.25, -0.2) is 20.8 Å². The van der Waals surface area contributed by atoms with Crippen molar-refractivity contribution in [1.82, 2.24) is 19.9 Å². The number of H-pyrrole nitrogens is 2. The van der Waals surface area contributed by atoms with E-state index in [-0.39, 0.29) is 23.0 Å². The van der Waals surface area contributed by atoms with Crippen LogP contribution in [0.3, 0.4) is 0 Å². The maximum absolute atomic E-state index is 11.4. The topological polar surface area (TPSA) is 140 Å². The molecular weight excluding hydrogens is 360 g/mol. The molecule has 2 aromatic heterocycles. The number of nitrogens with zero attached hydrogens (tertiary/aromatic N) is 4. The molecule has 10 heteroatoms. The first-order valence-electron chi connectivity index (χ1n) is 8.32. The molecular formula is C18H18N8O2. The number of hydrogen-bond donors (Lipinski definition) is 4. The van der Waals surface area contributed by atoms with Gasteiger partial charge in [0.15, 0.2) is 0 Å². The van der Waals surface area contributed by atoms with Crippen molar-refractivity contribution in [2.75, 3.05) is 10.9 Å². The molecule has 0 aliphatic rings. The largest absolute Gasteiger partial charge is 0.291 e. The number of aromatic nitrogens is 4. The van der Waals surface area contributed by atoms with Gasteiger partial charge in [0.1, 0.15) is 0 Å². The first-order chi connectivity index (χ1) is 13.5. The van der Waals surface area contributed by atoms with Gasteiger partial charge in [0, 0.05) is 23.5 Å². The molecule has 0 aliphatic heterocycles. The van der Waals surface area contributed by atoms with Crippen LogP contribution in [0, 0.1) is 13.8 Å². The summed E-state index contributed by atoms with van der Waals surface area (Å²) in [4.78, 5) is 36.1. The van der Waals surface area contributed by atoms with Crippen molar-refractivity contribution in [1.29, 1.82) is 0 Å². The summed E-state index contributed by atoms with van der Waals surface area (Å²) in [5.74, 6) is 0.553. The highest BCUT2D eigenvalue weighted by Crippen LogP contribution is 2.02. The summed E-state index contributed by atoms with van der Waals surface area (Å²) >= 11 is 0. The van der Waals surface area contributed by atoms with Crippen molar-refractivity contribution in [3.8, 4) is 0 Å². The fourth-order valence-corrected chi connectivity index (χ4v) is 2.27. The summed E-state index contributed by atoms with van der Waals surface area (Å²) in [7, 11) is 0. The van der Waals surface area contributed by atoms with Gasteiger partial charge in [-0.15, -0.1) is 0 Å². The van der Waals surface area contributed by atoms with Crippen molar-refractivity contribution in [3.05, 3.63) is 79.6 Å². The summed E-state index contributed by atoms with van der Waals surface area (Å²) in [6.45, 7) is 3.46. The summed E-state index contributed by atoms with van der Waals surface area (Å²) in [5, 5.41) is 8.09. The zero-order valence-electron chi connectivity index (χ0n) is 15.2. The number of aromatic amines is 2. The van der Waals surface area contributed by atoms with Gasteiger partial charge >= 0.3 is 0 Å². The standard InChI is InChI=1S/C18H18N8O2/c1-11-7-15(27)23-17(21-11)25-19-9-13-3-5-14(6-4-13)10-20-26-18-22-12(2)8-16(28)24-18/h3-10H,1-2H3,(H2,21,23,25,27)(H2,22,24,26,28)/b19-9-,20-10-. The van der Waals surface area contributed by atoms with Crippen LogP contribution in [0.15, 0.2) is 56.2 Å². The van der Waals surface area contributed by atoms with E-state index in [1.54, 1.807) is 26.3 Å². The van der Waals surface area contributed by atoms with E-state index < -0.39 is 0 Å². The Morgan fingerprint density at radius 1 is 0.786 bits per heavy atom. The van der Waals surface area contributed by atoms with Gasteiger partial charge in [0.25, 0.3) is 11.1 Å². The molecule has 0 spiro atoms. The summed E-state index contributed by atoms with van der Waals surface area (Å²) < 4.78 is 0. The lowest BCUT2D eigenvalue weighted by molar-refractivity contribution is 1.04. The molecule has 3 aromatic rings. The quantitative estimate of drug-likeness (QED) is 0.377. The second kappa shape index (κ2) is 8.54. The van der Waals surface area contributed by atoms with Gasteiger partial charge < -0.3 is 0 Å². The van der Waals surface area contributed by atoms with Crippen LogP contribution in [-0.4, -0.2) is 32.4 Å². The second-order valence-corrected chi connectivity index (χ2v) is 5.88. The number of anilines is 2. The van der Waals surface area contributed by atoms with Gasteiger partial charge in [-0.3, -0.25) is 19.6 Å². The molecule has 142 valence electrons. The van der Waals surface area contributed by atoms with E-state index in [1.165, 1.54) is 12.1 Å². The highest BCUT2D eigenvalue weighted by molar-refractivity contribution is 5.84. The van der Waals surface area contributed by atoms with E-state index in [4.69, 9.17) is 0 Å². The van der Waals surface area contributed by atoms with Crippen LogP contribution in [0.4, 0.5) is 11.9 Å². The van der Waals surface area contributed by atoms with Gasteiger partial charge in [0.05, 0.1) is 12.4 Å². The lowest BCUT2D eigenvalue weighted by atomic mass is 10.2. The molecule has 0 saturated heterocycles.